The number of thiocarbonyl (C=S) groups is 1. The van der Waals surface area contributed by atoms with Crippen molar-refractivity contribution in [2.24, 2.45) is 0 Å². The van der Waals surface area contributed by atoms with Crippen LogP contribution in [0.2, 0.25) is 0 Å². The SMILES string of the molecule is O=C([O-])CCCN1C(=O)/C(=C\c2cc(Br)ccc2F)SC1=S. The molecule has 0 saturated carbocycles. The van der Waals surface area contributed by atoms with Crippen molar-refractivity contribution >= 4 is 62.2 Å². The minimum absolute atomic E-state index is 0.142. The Morgan fingerprint density at radius 1 is 1.50 bits per heavy atom. The minimum Gasteiger partial charge on any atom is -0.550 e. The number of carbonyl (C=O) groups excluding carboxylic acids is 2. The molecule has 22 heavy (non-hydrogen) atoms. The highest BCUT2D eigenvalue weighted by Gasteiger charge is 2.31. The van der Waals surface area contributed by atoms with Crippen molar-refractivity contribution in [1.82, 2.24) is 4.90 Å². The second-order valence-corrected chi connectivity index (χ2v) is 7.07. The number of carbonyl (C=O) groups is 2. The van der Waals surface area contributed by atoms with Crippen LogP contribution in [0.25, 0.3) is 6.08 Å². The second-order valence-electron chi connectivity index (χ2n) is 4.47. The number of carboxylic acid groups (broad SMARTS) is 1. The molecule has 0 aliphatic carbocycles. The van der Waals surface area contributed by atoms with Gasteiger partial charge in [0.15, 0.2) is 0 Å². The average molecular weight is 403 g/mol. The molecule has 0 unspecified atom stereocenters. The van der Waals surface area contributed by atoms with Crippen molar-refractivity contribution in [1.29, 1.82) is 0 Å². The van der Waals surface area contributed by atoms with Crippen molar-refractivity contribution in [3.05, 3.63) is 39.0 Å². The lowest BCUT2D eigenvalue weighted by molar-refractivity contribution is -0.305. The van der Waals surface area contributed by atoms with E-state index in [4.69, 9.17) is 12.2 Å². The molecule has 1 aromatic rings. The third kappa shape index (κ3) is 4.15. The molecular formula is C14H10BrFNO3S2-. The van der Waals surface area contributed by atoms with Crippen LogP contribution in [0.1, 0.15) is 18.4 Å². The maximum absolute atomic E-state index is 13.7. The Labute approximate surface area is 144 Å². The predicted molar refractivity (Wildman–Crippen MR) is 88.2 cm³/mol. The summed E-state index contributed by atoms with van der Waals surface area (Å²) in [7, 11) is 0. The lowest BCUT2D eigenvalue weighted by Gasteiger charge is -2.14. The van der Waals surface area contributed by atoms with Gasteiger partial charge < -0.3 is 9.90 Å². The van der Waals surface area contributed by atoms with Crippen LogP contribution in [0.4, 0.5) is 4.39 Å². The maximum atomic E-state index is 13.7. The topological polar surface area (TPSA) is 60.4 Å². The second kappa shape index (κ2) is 7.34. The fraction of sp³-hybridized carbons (Fsp3) is 0.214. The van der Waals surface area contributed by atoms with E-state index < -0.39 is 11.8 Å². The van der Waals surface area contributed by atoms with Gasteiger partial charge in [-0.05, 0) is 37.1 Å². The number of amides is 1. The highest BCUT2D eigenvalue weighted by molar-refractivity contribution is 9.10. The van der Waals surface area contributed by atoms with Gasteiger partial charge in [0, 0.05) is 22.6 Å². The van der Waals surface area contributed by atoms with Crippen molar-refractivity contribution < 1.29 is 19.1 Å². The van der Waals surface area contributed by atoms with Gasteiger partial charge >= 0.3 is 0 Å². The molecule has 1 aromatic carbocycles. The van der Waals surface area contributed by atoms with Crippen LogP contribution >= 0.6 is 39.9 Å². The summed E-state index contributed by atoms with van der Waals surface area (Å²) in [5.74, 6) is -1.95. The molecule has 0 radical (unpaired) electrons. The van der Waals surface area contributed by atoms with Crippen LogP contribution in [-0.2, 0) is 9.59 Å². The molecule has 0 atom stereocenters. The summed E-state index contributed by atoms with van der Waals surface area (Å²) in [6, 6.07) is 4.44. The number of nitrogens with zero attached hydrogens (tertiary/aromatic N) is 1. The van der Waals surface area contributed by atoms with E-state index in [1.54, 1.807) is 12.1 Å². The molecule has 1 saturated heterocycles. The van der Waals surface area contributed by atoms with Gasteiger partial charge in [0.2, 0.25) is 0 Å². The first-order chi connectivity index (χ1) is 10.4. The van der Waals surface area contributed by atoms with Gasteiger partial charge in [-0.25, -0.2) is 4.39 Å². The summed E-state index contributed by atoms with van der Waals surface area (Å²) in [6.07, 6.45) is 1.56. The highest BCUT2D eigenvalue weighted by Crippen LogP contribution is 2.33. The van der Waals surface area contributed by atoms with Gasteiger partial charge in [-0.1, -0.05) is 39.9 Å². The van der Waals surface area contributed by atoms with E-state index in [1.165, 1.54) is 17.0 Å². The number of aliphatic carboxylic acids is 1. The molecule has 0 bridgehead atoms. The normalized spacial score (nSPS) is 16.6. The number of carboxylic acids is 1. The first-order valence-electron chi connectivity index (χ1n) is 6.29. The molecule has 1 aliphatic rings. The Kier molecular flexibility index (Phi) is 5.71. The Morgan fingerprint density at radius 3 is 2.91 bits per heavy atom. The summed E-state index contributed by atoms with van der Waals surface area (Å²) in [6.45, 7) is 0.205. The smallest absolute Gasteiger partial charge is 0.266 e. The molecule has 8 heteroatoms. The zero-order valence-corrected chi connectivity index (χ0v) is 14.4. The van der Waals surface area contributed by atoms with Gasteiger partial charge in [0.25, 0.3) is 5.91 Å². The van der Waals surface area contributed by atoms with E-state index in [1.807, 2.05) is 0 Å². The first-order valence-corrected chi connectivity index (χ1v) is 8.30. The van der Waals surface area contributed by atoms with Crippen LogP contribution in [0, 0.1) is 5.82 Å². The van der Waals surface area contributed by atoms with E-state index >= 15 is 0 Å². The number of halogens is 2. The number of benzene rings is 1. The fourth-order valence-electron chi connectivity index (χ4n) is 1.84. The largest absolute Gasteiger partial charge is 0.550 e. The van der Waals surface area contributed by atoms with Crippen LogP contribution in [0.15, 0.2) is 27.6 Å². The Morgan fingerprint density at radius 2 is 2.23 bits per heavy atom. The standard InChI is InChI=1S/C14H11BrFNO3S2/c15-9-3-4-10(16)8(6-9)7-11-13(20)17(14(21)22-11)5-1-2-12(18)19/h3-4,6-7H,1-2,5H2,(H,18,19)/p-1/b11-7+. The molecule has 2 rings (SSSR count). The zero-order chi connectivity index (χ0) is 16.3. The van der Waals surface area contributed by atoms with Crippen LogP contribution in [0.5, 0.6) is 0 Å². The summed E-state index contributed by atoms with van der Waals surface area (Å²) >= 11 is 9.43. The molecule has 1 aliphatic heterocycles. The summed E-state index contributed by atoms with van der Waals surface area (Å²) in [4.78, 5) is 24.3. The van der Waals surface area contributed by atoms with Gasteiger partial charge in [0.1, 0.15) is 10.1 Å². The molecular weight excluding hydrogens is 393 g/mol. The van der Waals surface area contributed by atoms with E-state index in [-0.39, 0.29) is 30.9 Å². The van der Waals surface area contributed by atoms with Crippen LogP contribution in [0.3, 0.4) is 0 Å². The first kappa shape index (κ1) is 17.1. The molecule has 1 heterocycles. The number of hydrogen-bond acceptors (Lipinski definition) is 5. The summed E-state index contributed by atoms with van der Waals surface area (Å²) in [5, 5.41) is 10.4. The van der Waals surface area contributed by atoms with Crippen LogP contribution in [-0.4, -0.2) is 27.6 Å². The van der Waals surface area contributed by atoms with Gasteiger partial charge in [-0.15, -0.1) is 0 Å². The molecule has 1 fully saturated rings. The average Bonchev–Trinajstić information content (AvgIpc) is 2.70. The third-order valence-corrected chi connectivity index (χ3v) is 4.75. The molecule has 0 aromatic heterocycles. The highest BCUT2D eigenvalue weighted by atomic mass is 79.9. The number of rotatable bonds is 5. The van der Waals surface area contributed by atoms with Gasteiger partial charge in [0.05, 0.1) is 4.91 Å². The Hall–Kier alpha value is -1.25. The summed E-state index contributed by atoms with van der Waals surface area (Å²) < 4.78 is 14.8. The maximum Gasteiger partial charge on any atom is 0.266 e. The van der Waals surface area contributed by atoms with Gasteiger partial charge in [-0.2, -0.15) is 0 Å². The predicted octanol–water partition coefficient (Wildman–Crippen LogP) is 2.32. The Balaban J connectivity index is 2.15. The van der Waals surface area contributed by atoms with Crippen molar-refractivity contribution in [3.63, 3.8) is 0 Å². The van der Waals surface area contributed by atoms with E-state index in [0.29, 0.717) is 13.7 Å². The Bertz CT molecular complexity index is 678. The van der Waals surface area contributed by atoms with Crippen molar-refractivity contribution in [2.75, 3.05) is 6.54 Å². The van der Waals surface area contributed by atoms with E-state index in [9.17, 15) is 19.1 Å². The van der Waals surface area contributed by atoms with E-state index in [2.05, 4.69) is 15.9 Å². The lowest BCUT2D eigenvalue weighted by atomic mass is 10.2. The van der Waals surface area contributed by atoms with Crippen molar-refractivity contribution in [3.8, 4) is 0 Å². The fourth-order valence-corrected chi connectivity index (χ4v) is 3.52. The molecule has 1 amide bonds. The number of thioether (sulfide) groups is 1. The third-order valence-electron chi connectivity index (χ3n) is 2.88. The molecule has 4 nitrogen and oxygen atoms in total. The van der Waals surface area contributed by atoms with Crippen LogP contribution < -0.4 is 5.11 Å². The monoisotopic (exact) mass is 402 g/mol. The quantitative estimate of drug-likeness (QED) is 0.558. The molecule has 116 valence electrons. The van der Waals surface area contributed by atoms with Crippen molar-refractivity contribution in [2.45, 2.75) is 12.8 Å². The lowest BCUT2D eigenvalue weighted by Crippen LogP contribution is -2.30. The summed E-state index contributed by atoms with van der Waals surface area (Å²) in [5.41, 5.74) is 0.282. The van der Waals surface area contributed by atoms with Gasteiger partial charge in [-0.3, -0.25) is 9.69 Å². The molecule has 0 spiro atoms. The molecule has 0 N–H and O–H groups in total. The zero-order valence-electron chi connectivity index (χ0n) is 11.2. The minimum atomic E-state index is -1.17. The van der Waals surface area contributed by atoms with E-state index in [0.717, 1.165) is 11.8 Å². The number of hydrogen-bond donors (Lipinski definition) is 0.